The number of hydrogen-bond donors (Lipinski definition) is 1. The Morgan fingerprint density at radius 2 is 2.00 bits per heavy atom. The third-order valence-corrected chi connectivity index (χ3v) is 5.15. The van der Waals surface area contributed by atoms with Crippen molar-refractivity contribution < 1.29 is 9.47 Å². The summed E-state index contributed by atoms with van der Waals surface area (Å²) in [5.41, 5.74) is 1.21. The molecule has 1 N–H and O–H groups in total. The van der Waals surface area contributed by atoms with Crippen LogP contribution in [0.5, 0.6) is 0 Å². The third kappa shape index (κ3) is 7.85. The molecule has 2 fully saturated rings. The second-order valence-electron chi connectivity index (χ2n) is 7.29. The second-order valence-corrected chi connectivity index (χ2v) is 7.29. The molecule has 1 aromatic carbocycles. The first-order chi connectivity index (χ1) is 13.3. The molecule has 0 bridgehead atoms. The molecule has 158 valence electrons. The first-order valence-corrected chi connectivity index (χ1v) is 10.3. The average molecular weight is 502 g/mol. The largest absolute Gasteiger partial charge is 0.379 e. The van der Waals surface area contributed by atoms with Crippen LogP contribution in [0.1, 0.15) is 18.9 Å². The van der Waals surface area contributed by atoms with Crippen LogP contribution in [0.4, 0.5) is 0 Å². The van der Waals surface area contributed by atoms with E-state index in [-0.39, 0.29) is 24.0 Å². The minimum atomic E-state index is 0. The lowest BCUT2D eigenvalue weighted by atomic mass is 10.1. The number of hydrogen-bond acceptors (Lipinski definition) is 4. The van der Waals surface area contributed by atoms with Crippen LogP contribution in [0.25, 0.3) is 0 Å². The molecule has 0 saturated carbocycles. The highest BCUT2D eigenvalue weighted by Gasteiger charge is 2.26. The van der Waals surface area contributed by atoms with Crippen LogP contribution >= 0.6 is 24.0 Å². The van der Waals surface area contributed by atoms with Crippen molar-refractivity contribution in [2.75, 3.05) is 65.6 Å². The molecule has 0 aromatic heterocycles. The van der Waals surface area contributed by atoms with Crippen molar-refractivity contribution in [3.63, 3.8) is 0 Å². The minimum Gasteiger partial charge on any atom is -0.379 e. The fourth-order valence-electron chi connectivity index (χ4n) is 3.73. The normalized spacial score (nSPS) is 20.8. The summed E-state index contributed by atoms with van der Waals surface area (Å²) in [5, 5.41) is 3.44. The molecule has 2 saturated heterocycles. The highest BCUT2D eigenvalue weighted by atomic mass is 127. The van der Waals surface area contributed by atoms with Crippen LogP contribution in [0.2, 0.25) is 0 Å². The number of likely N-dealkylation sites (tertiary alicyclic amines) is 1. The van der Waals surface area contributed by atoms with Crippen LogP contribution < -0.4 is 5.32 Å². The molecule has 1 atom stereocenters. The van der Waals surface area contributed by atoms with Crippen LogP contribution in [-0.4, -0.2) is 81.4 Å². The maximum Gasteiger partial charge on any atom is 0.194 e. The first-order valence-electron chi connectivity index (χ1n) is 10.3. The van der Waals surface area contributed by atoms with Gasteiger partial charge in [0, 0.05) is 39.3 Å². The van der Waals surface area contributed by atoms with Crippen molar-refractivity contribution >= 4 is 29.9 Å². The highest BCUT2D eigenvalue weighted by molar-refractivity contribution is 14.0. The Morgan fingerprint density at radius 3 is 2.75 bits per heavy atom. The minimum absolute atomic E-state index is 0. The van der Waals surface area contributed by atoms with Crippen molar-refractivity contribution in [2.24, 2.45) is 10.9 Å². The standard InChI is InChI=1S/C21H34N4O2.HI/c1-2-22-21(23-9-13-27-18-19-6-4-3-5-7-19)25-10-8-20(17-25)16-24-11-14-26-15-12-24;/h3-7,20H,2,8-18H2,1H3,(H,22,23);1H. The van der Waals surface area contributed by atoms with Gasteiger partial charge < -0.3 is 19.7 Å². The zero-order valence-corrected chi connectivity index (χ0v) is 19.3. The second kappa shape index (κ2) is 13.3. The van der Waals surface area contributed by atoms with E-state index in [0.29, 0.717) is 19.8 Å². The molecule has 0 spiro atoms. The summed E-state index contributed by atoms with van der Waals surface area (Å²) in [5.74, 6) is 1.76. The van der Waals surface area contributed by atoms with Crippen molar-refractivity contribution in [2.45, 2.75) is 20.0 Å². The van der Waals surface area contributed by atoms with Gasteiger partial charge in [-0.15, -0.1) is 24.0 Å². The highest BCUT2D eigenvalue weighted by Crippen LogP contribution is 2.18. The predicted octanol–water partition coefficient (Wildman–Crippen LogP) is 2.44. The maximum atomic E-state index is 5.76. The van der Waals surface area contributed by atoms with E-state index >= 15 is 0 Å². The van der Waals surface area contributed by atoms with Gasteiger partial charge >= 0.3 is 0 Å². The molecular formula is C21H35IN4O2. The molecule has 2 heterocycles. The smallest absolute Gasteiger partial charge is 0.194 e. The number of halogens is 1. The third-order valence-electron chi connectivity index (χ3n) is 5.15. The monoisotopic (exact) mass is 502 g/mol. The van der Waals surface area contributed by atoms with E-state index in [4.69, 9.17) is 14.5 Å². The van der Waals surface area contributed by atoms with Gasteiger partial charge in [0.25, 0.3) is 0 Å². The van der Waals surface area contributed by atoms with Gasteiger partial charge in [0.1, 0.15) is 0 Å². The van der Waals surface area contributed by atoms with Gasteiger partial charge in [0.2, 0.25) is 0 Å². The lowest BCUT2D eigenvalue weighted by Crippen LogP contribution is -2.42. The van der Waals surface area contributed by atoms with Gasteiger partial charge in [0.15, 0.2) is 5.96 Å². The van der Waals surface area contributed by atoms with Crippen LogP contribution in [0.3, 0.4) is 0 Å². The summed E-state index contributed by atoms with van der Waals surface area (Å²) in [6.07, 6.45) is 1.24. The van der Waals surface area contributed by atoms with Crippen LogP contribution in [0, 0.1) is 5.92 Å². The molecule has 2 aliphatic rings. The van der Waals surface area contributed by atoms with Crippen molar-refractivity contribution in [3.8, 4) is 0 Å². The summed E-state index contributed by atoms with van der Waals surface area (Å²) in [4.78, 5) is 9.73. The van der Waals surface area contributed by atoms with E-state index in [1.54, 1.807) is 0 Å². The van der Waals surface area contributed by atoms with Crippen LogP contribution in [-0.2, 0) is 16.1 Å². The van der Waals surface area contributed by atoms with E-state index in [2.05, 4.69) is 34.2 Å². The molecule has 0 amide bonds. The van der Waals surface area contributed by atoms with E-state index in [1.807, 2.05) is 18.2 Å². The van der Waals surface area contributed by atoms with Gasteiger partial charge in [-0.3, -0.25) is 9.89 Å². The number of rotatable bonds is 8. The SMILES string of the molecule is CCNC(=NCCOCc1ccccc1)N1CCC(CN2CCOCC2)C1.I. The fraction of sp³-hybridized carbons (Fsp3) is 0.667. The van der Waals surface area contributed by atoms with Gasteiger partial charge in [-0.25, -0.2) is 0 Å². The Morgan fingerprint density at radius 1 is 1.21 bits per heavy atom. The summed E-state index contributed by atoms with van der Waals surface area (Å²) in [6, 6.07) is 10.3. The fourth-order valence-corrected chi connectivity index (χ4v) is 3.73. The Balaban J connectivity index is 0.00000280. The van der Waals surface area contributed by atoms with E-state index in [0.717, 1.165) is 57.8 Å². The molecule has 2 aliphatic heterocycles. The zero-order chi connectivity index (χ0) is 18.7. The molecule has 28 heavy (non-hydrogen) atoms. The molecule has 0 radical (unpaired) electrons. The number of ether oxygens (including phenoxy) is 2. The molecule has 7 heteroatoms. The molecule has 0 aliphatic carbocycles. The van der Waals surface area contributed by atoms with Gasteiger partial charge in [-0.1, -0.05) is 30.3 Å². The van der Waals surface area contributed by atoms with E-state index in [1.165, 1.54) is 18.5 Å². The van der Waals surface area contributed by atoms with Crippen LogP contribution in [0.15, 0.2) is 35.3 Å². The number of nitrogens with zero attached hydrogens (tertiary/aromatic N) is 3. The number of guanidine groups is 1. The molecule has 1 aromatic rings. The van der Waals surface area contributed by atoms with Gasteiger partial charge in [-0.2, -0.15) is 0 Å². The predicted molar refractivity (Wildman–Crippen MR) is 124 cm³/mol. The number of benzene rings is 1. The van der Waals surface area contributed by atoms with Crippen molar-refractivity contribution in [1.82, 2.24) is 15.1 Å². The van der Waals surface area contributed by atoms with Crippen molar-refractivity contribution in [1.29, 1.82) is 0 Å². The lowest BCUT2D eigenvalue weighted by molar-refractivity contribution is 0.0315. The van der Waals surface area contributed by atoms with Gasteiger partial charge in [-0.05, 0) is 24.8 Å². The maximum absolute atomic E-state index is 5.76. The molecular weight excluding hydrogens is 467 g/mol. The quantitative estimate of drug-likeness (QED) is 0.256. The molecule has 6 nitrogen and oxygen atoms in total. The Bertz CT molecular complexity index is 567. The summed E-state index contributed by atoms with van der Waals surface area (Å²) >= 11 is 0. The zero-order valence-electron chi connectivity index (χ0n) is 17.0. The Hall–Kier alpha value is -0.900. The van der Waals surface area contributed by atoms with E-state index < -0.39 is 0 Å². The number of morpholine rings is 1. The topological polar surface area (TPSA) is 49.3 Å². The van der Waals surface area contributed by atoms with Gasteiger partial charge in [0.05, 0.1) is 33.0 Å². The Labute approximate surface area is 186 Å². The summed E-state index contributed by atoms with van der Waals surface area (Å²) in [7, 11) is 0. The molecule has 3 rings (SSSR count). The van der Waals surface area contributed by atoms with E-state index in [9.17, 15) is 0 Å². The van der Waals surface area contributed by atoms with Crippen molar-refractivity contribution in [3.05, 3.63) is 35.9 Å². The first kappa shape index (κ1) is 23.4. The average Bonchev–Trinajstić information content (AvgIpc) is 3.17. The summed E-state index contributed by atoms with van der Waals surface area (Å²) in [6.45, 7) is 12.3. The Kier molecular flexibility index (Phi) is 11.1. The number of nitrogens with one attached hydrogen (secondary N) is 1. The molecule has 1 unspecified atom stereocenters. The summed E-state index contributed by atoms with van der Waals surface area (Å²) < 4.78 is 11.2. The number of aliphatic imine (C=N–C) groups is 1. The lowest BCUT2D eigenvalue weighted by Gasteiger charge is -2.29.